The predicted octanol–water partition coefficient (Wildman–Crippen LogP) is 5.34. The standard InChI is InChI=1S/C22H15F8N3O5/c1-21(2,3)38-20(35)17(22(28,29)30)33-10-6-8(4-5-31-10)18-32-9(7-36-18)19(34)37-16-14(26)12(24)11(23)13(25)15(16)27/h4-7,17H,1-3H3,(H,31,33). The fourth-order valence-electron chi connectivity index (χ4n) is 2.74. The summed E-state index contributed by atoms with van der Waals surface area (Å²) in [5.41, 5.74) is -2.11. The number of anilines is 1. The van der Waals surface area contributed by atoms with Crippen molar-refractivity contribution in [1.29, 1.82) is 0 Å². The number of carbonyl (C=O) groups is 2. The molecule has 16 heteroatoms. The zero-order valence-corrected chi connectivity index (χ0v) is 19.3. The van der Waals surface area contributed by atoms with Crippen molar-refractivity contribution in [3.8, 4) is 17.2 Å². The minimum absolute atomic E-state index is 0.0945. The number of oxazole rings is 1. The van der Waals surface area contributed by atoms with Gasteiger partial charge in [0.2, 0.25) is 46.8 Å². The molecule has 0 spiro atoms. The number of benzene rings is 1. The van der Waals surface area contributed by atoms with Gasteiger partial charge >= 0.3 is 18.1 Å². The number of ether oxygens (including phenoxy) is 2. The Morgan fingerprint density at radius 2 is 1.55 bits per heavy atom. The van der Waals surface area contributed by atoms with E-state index in [9.17, 15) is 44.7 Å². The summed E-state index contributed by atoms with van der Waals surface area (Å²) in [7, 11) is 0. The van der Waals surface area contributed by atoms with E-state index in [0.29, 0.717) is 6.26 Å². The van der Waals surface area contributed by atoms with Gasteiger partial charge in [0.05, 0.1) is 0 Å². The molecule has 0 aliphatic rings. The first kappa shape index (κ1) is 28.3. The Morgan fingerprint density at radius 3 is 2.11 bits per heavy atom. The smallest absolute Gasteiger partial charge is 0.419 e. The third-order valence-electron chi connectivity index (χ3n) is 4.35. The molecule has 0 amide bonds. The van der Waals surface area contributed by atoms with Crippen LogP contribution in [0.25, 0.3) is 11.5 Å². The predicted molar refractivity (Wildman–Crippen MR) is 110 cm³/mol. The van der Waals surface area contributed by atoms with Crippen LogP contribution in [0.5, 0.6) is 5.75 Å². The molecule has 1 unspecified atom stereocenters. The summed E-state index contributed by atoms with van der Waals surface area (Å²) in [6, 6.07) is -0.679. The second kappa shape index (κ2) is 10.3. The topological polar surface area (TPSA) is 104 Å². The van der Waals surface area contributed by atoms with Crippen LogP contribution in [0.1, 0.15) is 31.3 Å². The molecule has 2 aromatic heterocycles. The number of nitrogens with one attached hydrogen (secondary N) is 1. The van der Waals surface area contributed by atoms with Crippen molar-refractivity contribution in [1.82, 2.24) is 9.97 Å². The lowest BCUT2D eigenvalue weighted by Gasteiger charge is -2.26. The molecule has 2 heterocycles. The normalized spacial score (nSPS) is 12.7. The molecule has 3 aromatic rings. The first-order chi connectivity index (χ1) is 17.5. The van der Waals surface area contributed by atoms with E-state index in [2.05, 4.69) is 14.7 Å². The maximum atomic E-state index is 13.8. The van der Waals surface area contributed by atoms with Crippen LogP contribution in [0.3, 0.4) is 0 Å². The van der Waals surface area contributed by atoms with Crippen LogP contribution in [-0.4, -0.2) is 39.7 Å². The summed E-state index contributed by atoms with van der Waals surface area (Å²) in [6.07, 6.45) is -3.49. The molecule has 0 bridgehead atoms. The highest BCUT2D eigenvalue weighted by atomic mass is 19.4. The van der Waals surface area contributed by atoms with Crippen LogP contribution < -0.4 is 10.1 Å². The lowest BCUT2D eigenvalue weighted by Crippen LogP contribution is -2.46. The molecule has 8 nitrogen and oxygen atoms in total. The second-order valence-electron chi connectivity index (χ2n) is 8.41. The molecule has 38 heavy (non-hydrogen) atoms. The van der Waals surface area contributed by atoms with Crippen LogP contribution in [-0.2, 0) is 9.53 Å². The quantitative estimate of drug-likeness (QED) is 0.144. The Hall–Kier alpha value is -4.24. The number of esters is 2. The number of nitrogens with zero attached hydrogens (tertiary/aromatic N) is 2. The van der Waals surface area contributed by atoms with E-state index >= 15 is 0 Å². The minimum atomic E-state index is -5.08. The number of halogens is 8. The molecule has 0 aliphatic carbocycles. The van der Waals surface area contributed by atoms with Gasteiger partial charge in [-0.2, -0.15) is 22.0 Å². The first-order valence-corrected chi connectivity index (χ1v) is 10.2. The van der Waals surface area contributed by atoms with E-state index in [1.54, 1.807) is 0 Å². The monoisotopic (exact) mass is 553 g/mol. The molecular weight excluding hydrogens is 538 g/mol. The Balaban J connectivity index is 1.84. The maximum absolute atomic E-state index is 13.8. The molecular formula is C22H15F8N3O5. The Labute approximate surface area is 207 Å². The molecule has 0 saturated carbocycles. The number of alkyl halides is 3. The van der Waals surface area contributed by atoms with Crippen molar-refractivity contribution in [2.24, 2.45) is 0 Å². The summed E-state index contributed by atoms with van der Waals surface area (Å²) in [4.78, 5) is 31.5. The SMILES string of the molecule is CC(C)(C)OC(=O)C(Nc1cc(-c2nc(C(=O)Oc3c(F)c(F)c(F)c(F)c3F)co2)ccn1)C(F)(F)F. The molecule has 0 radical (unpaired) electrons. The summed E-state index contributed by atoms with van der Waals surface area (Å²) >= 11 is 0. The molecule has 204 valence electrons. The van der Waals surface area contributed by atoms with Gasteiger partial charge in [0.1, 0.15) is 17.7 Å². The highest BCUT2D eigenvalue weighted by molar-refractivity contribution is 5.89. The molecule has 1 N–H and O–H groups in total. The Bertz CT molecular complexity index is 1360. The van der Waals surface area contributed by atoms with Crippen LogP contribution in [0.15, 0.2) is 29.0 Å². The zero-order valence-electron chi connectivity index (χ0n) is 19.3. The summed E-state index contributed by atoms with van der Waals surface area (Å²) < 4.78 is 122. The van der Waals surface area contributed by atoms with Gasteiger partial charge < -0.3 is 19.2 Å². The fraction of sp³-hybridized carbons (Fsp3) is 0.273. The van der Waals surface area contributed by atoms with Gasteiger partial charge in [-0.1, -0.05) is 0 Å². The second-order valence-corrected chi connectivity index (χ2v) is 8.41. The molecule has 0 fully saturated rings. The van der Waals surface area contributed by atoms with E-state index in [0.717, 1.165) is 12.3 Å². The van der Waals surface area contributed by atoms with Gasteiger partial charge in [-0.15, -0.1) is 0 Å². The number of hydrogen-bond donors (Lipinski definition) is 1. The average molecular weight is 553 g/mol. The van der Waals surface area contributed by atoms with E-state index in [4.69, 9.17) is 9.15 Å². The highest BCUT2D eigenvalue weighted by Crippen LogP contribution is 2.31. The van der Waals surface area contributed by atoms with Crippen LogP contribution in [0, 0.1) is 29.1 Å². The van der Waals surface area contributed by atoms with E-state index in [1.165, 1.54) is 26.8 Å². The fourth-order valence-corrected chi connectivity index (χ4v) is 2.74. The number of rotatable bonds is 6. The number of aromatic nitrogens is 2. The molecule has 1 atom stereocenters. The van der Waals surface area contributed by atoms with Gasteiger partial charge in [0, 0.05) is 11.8 Å². The van der Waals surface area contributed by atoms with Crippen molar-refractivity contribution in [2.45, 2.75) is 38.6 Å². The van der Waals surface area contributed by atoms with E-state index in [-0.39, 0.29) is 5.56 Å². The lowest BCUT2D eigenvalue weighted by molar-refractivity contribution is -0.184. The van der Waals surface area contributed by atoms with E-state index in [1.807, 2.05) is 5.32 Å². The van der Waals surface area contributed by atoms with Crippen LogP contribution in [0.4, 0.5) is 40.9 Å². The summed E-state index contributed by atoms with van der Waals surface area (Å²) in [5, 5.41) is 1.88. The minimum Gasteiger partial charge on any atom is -0.458 e. The average Bonchev–Trinajstić information content (AvgIpc) is 3.31. The molecule has 3 rings (SSSR count). The molecule has 0 saturated heterocycles. The highest BCUT2D eigenvalue weighted by Gasteiger charge is 2.47. The van der Waals surface area contributed by atoms with E-state index < -0.39 is 82.0 Å². The van der Waals surface area contributed by atoms with Crippen LogP contribution >= 0.6 is 0 Å². The summed E-state index contributed by atoms with van der Waals surface area (Å²) in [6.45, 7) is 4.11. The van der Waals surface area contributed by atoms with Gasteiger partial charge in [-0.3, -0.25) is 0 Å². The van der Waals surface area contributed by atoms with Crippen molar-refractivity contribution < 1.29 is 58.6 Å². The van der Waals surface area contributed by atoms with Crippen molar-refractivity contribution >= 4 is 17.8 Å². The number of hydrogen-bond acceptors (Lipinski definition) is 8. The van der Waals surface area contributed by atoms with Gasteiger partial charge in [-0.05, 0) is 32.9 Å². The molecule has 1 aromatic carbocycles. The van der Waals surface area contributed by atoms with Crippen molar-refractivity contribution in [3.63, 3.8) is 0 Å². The third kappa shape index (κ3) is 6.18. The van der Waals surface area contributed by atoms with Gasteiger partial charge in [-0.25, -0.2) is 32.7 Å². The van der Waals surface area contributed by atoms with Gasteiger partial charge in [0.25, 0.3) is 0 Å². The number of pyridine rings is 1. The largest absolute Gasteiger partial charge is 0.458 e. The van der Waals surface area contributed by atoms with Crippen molar-refractivity contribution in [2.75, 3.05) is 5.32 Å². The van der Waals surface area contributed by atoms with Crippen LogP contribution in [0.2, 0.25) is 0 Å². The molecule has 0 aliphatic heterocycles. The maximum Gasteiger partial charge on any atom is 0.419 e. The third-order valence-corrected chi connectivity index (χ3v) is 4.35. The van der Waals surface area contributed by atoms with Gasteiger partial charge in [0.15, 0.2) is 5.69 Å². The zero-order chi connectivity index (χ0) is 28.6. The lowest BCUT2D eigenvalue weighted by atomic mass is 10.2. The Morgan fingerprint density at radius 1 is 0.974 bits per heavy atom. The first-order valence-electron chi connectivity index (χ1n) is 10.2. The number of carbonyl (C=O) groups excluding carboxylic acids is 2. The van der Waals surface area contributed by atoms with Crippen molar-refractivity contribution in [3.05, 3.63) is 59.4 Å². The summed E-state index contributed by atoms with van der Waals surface area (Å²) in [5.74, 6) is -18.1. The Kier molecular flexibility index (Phi) is 7.65.